The van der Waals surface area contributed by atoms with Gasteiger partial charge < -0.3 is 4.98 Å². The maximum atomic E-state index is 12.4. The maximum Gasteiger partial charge on any atom is 0.252 e. The van der Waals surface area contributed by atoms with E-state index in [1.54, 1.807) is 6.07 Å². The van der Waals surface area contributed by atoms with Gasteiger partial charge in [0.25, 0.3) is 5.56 Å². The molecule has 1 aromatic heterocycles. The molecule has 0 saturated carbocycles. The van der Waals surface area contributed by atoms with Crippen LogP contribution in [-0.4, -0.2) is 4.98 Å². The Morgan fingerprint density at radius 2 is 1.70 bits per heavy atom. The molecular formula is C19H13BrN2O. The first kappa shape index (κ1) is 15.3. The summed E-state index contributed by atoms with van der Waals surface area (Å²) in [6, 6.07) is 21.0. The molecule has 0 amide bonds. The quantitative estimate of drug-likeness (QED) is 0.754. The summed E-state index contributed by atoms with van der Waals surface area (Å²) >= 11 is 3.49. The molecule has 0 aliphatic carbocycles. The average Bonchev–Trinajstić information content (AvgIpc) is 2.59. The van der Waals surface area contributed by atoms with Crippen LogP contribution in [0.4, 0.5) is 0 Å². The van der Waals surface area contributed by atoms with E-state index in [9.17, 15) is 10.1 Å². The van der Waals surface area contributed by atoms with Crippen molar-refractivity contribution in [3.05, 3.63) is 92.2 Å². The molecule has 2 aromatic carbocycles. The maximum absolute atomic E-state index is 12.4. The van der Waals surface area contributed by atoms with Crippen molar-refractivity contribution < 1.29 is 0 Å². The highest BCUT2D eigenvalue weighted by Crippen LogP contribution is 2.22. The van der Waals surface area contributed by atoms with E-state index in [1.807, 2.05) is 54.6 Å². The van der Waals surface area contributed by atoms with E-state index in [0.29, 0.717) is 23.2 Å². The van der Waals surface area contributed by atoms with Gasteiger partial charge >= 0.3 is 0 Å². The fraction of sp³-hybridized carbons (Fsp3) is 0.0526. The zero-order valence-corrected chi connectivity index (χ0v) is 13.8. The van der Waals surface area contributed by atoms with Crippen molar-refractivity contribution in [3.63, 3.8) is 0 Å². The Balaban J connectivity index is 2.07. The van der Waals surface area contributed by atoms with Crippen molar-refractivity contribution in [2.24, 2.45) is 0 Å². The van der Waals surface area contributed by atoms with Crippen LogP contribution >= 0.6 is 15.9 Å². The molecule has 0 radical (unpaired) electrons. The number of nitrogens with one attached hydrogen (secondary N) is 1. The first-order valence-electron chi connectivity index (χ1n) is 7.14. The first-order chi connectivity index (χ1) is 11.2. The second-order valence-electron chi connectivity index (χ2n) is 5.16. The Hall–Kier alpha value is -2.64. The minimum atomic E-state index is -0.168. The number of nitriles is 1. The highest BCUT2D eigenvalue weighted by atomic mass is 79.9. The third-order valence-electron chi connectivity index (χ3n) is 3.64. The molecule has 0 spiro atoms. The van der Waals surface area contributed by atoms with Gasteiger partial charge in [-0.15, -0.1) is 0 Å². The largest absolute Gasteiger partial charge is 0.321 e. The van der Waals surface area contributed by atoms with Crippen molar-refractivity contribution in [1.82, 2.24) is 4.98 Å². The summed E-state index contributed by atoms with van der Waals surface area (Å²) in [5, 5.41) is 9.43. The Morgan fingerprint density at radius 1 is 1.00 bits per heavy atom. The van der Waals surface area contributed by atoms with E-state index in [0.717, 1.165) is 15.6 Å². The van der Waals surface area contributed by atoms with Crippen LogP contribution in [0.1, 0.15) is 16.7 Å². The van der Waals surface area contributed by atoms with Crippen LogP contribution in [0.3, 0.4) is 0 Å². The molecule has 3 nitrogen and oxygen atoms in total. The van der Waals surface area contributed by atoms with Crippen molar-refractivity contribution in [1.29, 1.82) is 5.26 Å². The summed E-state index contributed by atoms with van der Waals surface area (Å²) < 4.78 is 0.949. The average molecular weight is 365 g/mol. The van der Waals surface area contributed by atoms with Gasteiger partial charge in [-0.2, -0.15) is 5.26 Å². The lowest BCUT2D eigenvalue weighted by Crippen LogP contribution is -2.15. The molecule has 0 aliphatic rings. The van der Waals surface area contributed by atoms with E-state index in [4.69, 9.17) is 0 Å². The lowest BCUT2D eigenvalue weighted by molar-refractivity contribution is 1.08. The Morgan fingerprint density at radius 3 is 2.39 bits per heavy atom. The Bertz CT molecular complexity index is 940. The molecule has 4 heteroatoms. The van der Waals surface area contributed by atoms with Crippen molar-refractivity contribution in [2.45, 2.75) is 6.42 Å². The predicted molar refractivity (Wildman–Crippen MR) is 94.2 cm³/mol. The van der Waals surface area contributed by atoms with E-state index in [1.165, 1.54) is 0 Å². The lowest BCUT2D eigenvalue weighted by Gasteiger charge is -2.08. The van der Waals surface area contributed by atoms with Gasteiger partial charge in [-0.3, -0.25) is 4.79 Å². The van der Waals surface area contributed by atoms with Crippen molar-refractivity contribution >= 4 is 15.9 Å². The molecular weight excluding hydrogens is 352 g/mol. The number of H-pyrrole nitrogens is 1. The molecule has 0 unspecified atom stereocenters. The Kier molecular flexibility index (Phi) is 4.40. The SMILES string of the molecule is N#Cc1cc(Cc2ccccc2Br)c(=O)[nH]c1-c1ccccc1. The highest BCUT2D eigenvalue weighted by Gasteiger charge is 2.11. The number of halogens is 1. The number of hydrogen-bond acceptors (Lipinski definition) is 2. The molecule has 1 heterocycles. The van der Waals surface area contributed by atoms with Crippen LogP contribution in [0.5, 0.6) is 0 Å². The third kappa shape index (κ3) is 3.25. The Labute approximate surface area is 142 Å². The lowest BCUT2D eigenvalue weighted by atomic mass is 10.0. The molecule has 112 valence electrons. The smallest absolute Gasteiger partial charge is 0.252 e. The fourth-order valence-corrected chi connectivity index (χ4v) is 2.90. The second kappa shape index (κ2) is 6.64. The van der Waals surface area contributed by atoms with Gasteiger partial charge in [-0.05, 0) is 23.3 Å². The summed E-state index contributed by atoms with van der Waals surface area (Å²) in [4.78, 5) is 15.3. The molecule has 0 bridgehead atoms. The molecule has 0 atom stereocenters. The van der Waals surface area contributed by atoms with Crippen LogP contribution in [0, 0.1) is 11.3 Å². The van der Waals surface area contributed by atoms with Crippen molar-refractivity contribution in [3.8, 4) is 17.3 Å². The molecule has 3 rings (SSSR count). The van der Waals surface area contributed by atoms with Gasteiger partial charge in [0, 0.05) is 16.5 Å². The van der Waals surface area contributed by atoms with Crippen molar-refractivity contribution in [2.75, 3.05) is 0 Å². The summed E-state index contributed by atoms with van der Waals surface area (Å²) in [5.74, 6) is 0. The normalized spacial score (nSPS) is 10.3. The monoisotopic (exact) mass is 364 g/mol. The number of benzene rings is 2. The molecule has 0 saturated heterocycles. The van der Waals surface area contributed by atoms with E-state index < -0.39 is 0 Å². The molecule has 0 aliphatic heterocycles. The van der Waals surface area contributed by atoms with Gasteiger partial charge in [0.2, 0.25) is 0 Å². The van der Waals surface area contributed by atoms with Gasteiger partial charge in [-0.25, -0.2) is 0 Å². The van der Waals surface area contributed by atoms with E-state index >= 15 is 0 Å². The van der Waals surface area contributed by atoms with Crippen LogP contribution in [-0.2, 0) is 6.42 Å². The van der Waals surface area contributed by atoms with Crippen LogP contribution in [0.25, 0.3) is 11.3 Å². The summed E-state index contributed by atoms with van der Waals surface area (Å²) in [6.45, 7) is 0. The zero-order chi connectivity index (χ0) is 16.2. The van der Waals surface area contributed by atoms with Gasteiger partial charge in [0.15, 0.2) is 0 Å². The number of aromatic nitrogens is 1. The summed E-state index contributed by atoms with van der Waals surface area (Å²) in [6.07, 6.45) is 0.473. The number of hydrogen-bond donors (Lipinski definition) is 1. The predicted octanol–water partition coefficient (Wildman–Crippen LogP) is 4.27. The van der Waals surface area contributed by atoms with E-state index in [-0.39, 0.29) is 5.56 Å². The van der Waals surface area contributed by atoms with Crippen LogP contribution in [0.2, 0.25) is 0 Å². The number of pyridine rings is 1. The number of aromatic amines is 1. The zero-order valence-electron chi connectivity index (χ0n) is 12.2. The van der Waals surface area contributed by atoms with E-state index in [2.05, 4.69) is 27.0 Å². The molecule has 23 heavy (non-hydrogen) atoms. The van der Waals surface area contributed by atoms with Crippen LogP contribution < -0.4 is 5.56 Å². The first-order valence-corrected chi connectivity index (χ1v) is 7.93. The summed E-state index contributed by atoms with van der Waals surface area (Å²) in [5.41, 5.74) is 3.28. The molecule has 3 aromatic rings. The standard InChI is InChI=1S/C19H13BrN2O/c20-17-9-5-4-8-14(17)10-15-11-16(12-21)18(22-19(15)23)13-6-2-1-3-7-13/h1-9,11H,10H2,(H,22,23). The fourth-order valence-electron chi connectivity index (χ4n) is 2.47. The highest BCUT2D eigenvalue weighted by molar-refractivity contribution is 9.10. The van der Waals surface area contributed by atoms with Gasteiger partial charge in [0.1, 0.15) is 6.07 Å². The minimum Gasteiger partial charge on any atom is -0.321 e. The van der Waals surface area contributed by atoms with Crippen LogP contribution in [0.15, 0.2) is 69.9 Å². The topological polar surface area (TPSA) is 56.6 Å². The minimum absolute atomic E-state index is 0.168. The van der Waals surface area contributed by atoms with Gasteiger partial charge in [0.05, 0.1) is 11.3 Å². The van der Waals surface area contributed by atoms with Gasteiger partial charge in [-0.1, -0.05) is 64.5 Å². The third-order valence-corrected chi connectivity index (χ3v) is 4.41. The molecule has 1 N–H and O–H groups in total. The second-order valence-corrected chi connectivity index (χ2v) is 6.01. The summed E-state index contributed by atoms with van der Waals surface area (Å²) in [7, 11) is 0. The number of nitrogens with zero attached hydrogens (tertiary/aromatic N) is 1. The number of rotatable bonds is 3. The molecule has 0 fully saturated rings.